The first-order valence-electron chi connectivity index (χ1n) is 10.5. The molecule has 0 spiro atoms. The Morgan fingerprint density at radius 3 is 2.61 bits per heavy atom. The van der Waals surface area contributed by atoms with Crippen LogP contribution >= 0.6 is 0 Å². The van der Waals surface area contributed by atoms with E-state index >= 15 is 0 Å². The number of pyridine rings is 1. The third-order valence-electron chi connectivity index (χ3n) is 5.14. The van der Waals surface area contributed by atoms with Gasteiger partial charge in [-0.15, -0.1) is 0 Å². The highest BCUT2D eigenvalue weighted by Crippen LogP contribution is 2.40. The van der Waals surface area contributed by atoms with Gasteiger partial charge >= 0.3 is 0 Å². The van der Waals surface area contributed by atoms with E-state index in [0.717, 1.165) is 18.5 Å². The van der Waals surface area contributed by atoms with E-state index in [2.05, 4.69) is 4.98 Å². The molecule has 2 heterocycles. The Kier molecular flexibility index (Phi) is 7.41. The lowest BCUT2D eigenvalue weighted by molar-refractivity contribution is -0.139. The van der Waals surface area contributed by atoms with E-state index in [1.807, 2.05) is 50.2 Å². The molecule has 1 atom stereocenters. The van der Waals surface area contributed by atoms with E-state index in [1.54, 1.807) is 17.0 Å². The van der Waals surface area contributed by atoms with Gasteiger partial charge in [-0.05, 0) is 63.3 Å². The first kappa shape index (κ1) is 22.5. The van der Waals surface area contributed by atoms with Gasteiger partial charge in [0.05, 0.1) is 18.2 Å². The first-order valence-corrected chi connectivity index (χ1v) is 10.5. The van der Waals surface area contributed by atoms with Crippen molar-refractivity contribution in [2.24, 2.45) is 0 Å². The zero-order chi connectivity index (χ0) is 22.4. The number of hydrogen-bond acceptors (Lipinski definition) is 6. The fourth-order valence-corrected chi connectivity index (χ4v) is 3.67. The van der Waals surface area contributed by atoms with Gasteiger partial charge in [0.15, 0.2) is 0 Å². The Hall–Kier alpha value is -3.19. The van der Waals surface area contributed by atoms with Gasteiger partial charge in [0.2, 0.25) is 0 Å². The summed E-state index contributed by atoms with van der Waals surface area (Å²) in [5.74, 6) is -0.800. The molecular weight excluding hydrogens is 394 g/mol. The first-order chi connectivity index (χ1) is 14.9. The molecule has 0 saturated carbocycles. The van der Waals surface area contributed by atoms with Crippen molar-refractivity contribution in [1.29, 1.82) is 0 Å². The van der Waals surface area contributed by atoms with Gasteiger partial charge < -0.3 is 19.6 Å². The average Bonchev–Trinajstić information content (AvgIpc) is 3.03. The van der Waals surface area contributed by atoms with Crippen molar-refractivity contribution in [2.45, 2.75) is 25.8 Å². The molecule has 3 rings (SSSR count). The second-order valence-corrected chi connectivity index (χ2v) is 7.81. The number of likely N-dealkylation sites (tertiary alicyclic amines) is 1. The monoisotopic (exact) mass is 423 g/mol. The average molecular weight is 424 g/mol. The number of aliphatic hydroxyl groups is 1. The van der Waals surface area contributed by atoms with Gasteiger partial charge in [0.1, 0.15) is 11.5 Å². The molecule has 1 aliphatic heterocycles. The number of benzene rings is 1. The van der Waals surface area contributed by atoms with Crippen molar-refractivity contribution in [3.8, 4) is 5.75 Å². The minimum atomic E-state index is -0.680. The van der Waals surface area contributed by atoms with Crippen LogP contribution in [0.1, 0.15) is 36.9 Å². The number of Topliss-reactive ketones (excluding diaryl/α,β-unsaturated/α-hetero) is 1. The number of carbonyl (C=O) groups excluding carboxylic acids is 2. The van der Waals surface area contributed by atoms with Crippen LogP contribution in [0.4, 0.5) is 0 Å². The summed E-state index contributed by atoms with van der Waals surface area (Å²) in [4.78, 5) is 33.5. The second kappa shape index (κ2) is 10.2. The van der Waals surface area contributed by atoms with Crippen molar-refractivity contribution in [3.63, 3.8) is 0 Å². The highest BCUT2D eigenvalue weighted by molar-refractivity contribution is 6.46. The van der Waals surface area contributed by atoms with Gasteiger partial charge in [-0.25, -0.2) is 0 Å². The minimum Gasteiger partial charge on any atom is -0.507 e. The van der Waals surface area contributed by atoms with Crippen molar-refractivity contribution in [3.05, 3.63) is 65.5 Å². The van der Waals surface area contributed by atoms with Gasteiger partial charge in [0, 0.05) is 24.5 Å². The van der Waals surface area contributed by atoms with Crippen molar-refractivity contribution >= 4 is 17.4 Å². The molecule has 2 aromatic rings. The number of amides is 1. The van der Waals surface area contributed by atoms with Crippen LogP contribution in [0, 0.1) is 0 Å². The van der Waals surface area contributed by atoms with E-state index in [0.29, 0.717) is 30.9 Å². The zero-order valence-corrected chi connectivity index (χ0v) is 18.2. The summed E-state index contributed by atoms with van der Waals surface area (Å²) < 4.78 is 5.76. The van der Waals surface area contributed by atoms with Crippen LogP contribution in [0.15, 0.2) is 54.4 Å². The van der Waals surface area contributed by atoms with Gasteiger partial charge in [-0.2, -0.15) is 0 Å². The number of aliphatic hydroxyl groups excluding tert-OH is 1. The van der Waals surface area contributed by atoms with Crippen LogP contribution in [0.5, 0.6) is 5.75 Å². The molecule has 1 aromatic heterocycles. The molecule has 1 aromatic carbocycles. The second-order valence-electron chi connectivity index (χ2n) is 7.81. The maximum absolute atomic E-state index is 13.0. The lowest BCUT2D eigenvalue weighted by Gasteiger charge is -2.26. The van der Waals surface area contributed by atoms with Gasteiger partial charge in [-0.3, -0.25) is 14.6 Å². The molecule has 31 heavy (non-hydrogen) atoms. The summed E-state index contributed by atoms with van der Waals surface area (Å²) in [5.41, 5.74) is 1.27. The Morgan fingerprint density at radius 2 is 1.94 bits per heavy atom. The number of hydrogen-bond donors (Lipinski definition) is 1. The number of ketones is 1. The Morgan fingerprint density at radius 1 is 1.19 bits per heavy atom. The smallest absolute Gasteiger partial charge is 0.295 e. The molecule has 164 valence electrons. The fourth-order valence-electron chi connectivity index (χ4n) is 3.67. The highest BCUT2D eigenvalue weighted by Gasteiger charge is 2.45. The Balaban J connectivity index is 2.06. The van der Waals surface area contributed by atoms with Crippen LogP contribution in [0.25, 0.3) is 5.76 Å². The zero-order valence-electron chi connectivity index (χ0n) is 18.2. The van der Waals surface area contributed by atoms with E-state index < -0.39 is 17.7 Å². The van der Waals surface area contributed by atoms with Crippen molar-refractivity contribution in [1.82, 2.24) is 14.8 Å². The SMILES string of the molecule is CCCOc1cccc(C2/C(=C(\O)c3ccncc3)C(=O)C(=O)N2CCCN(C)C)c1. The molecule has 7 nitrogen and oxygen atoms in total. The molecule has 1 unspecified atom stereocenters. The van der Waals surface area contributed by atoms with Gasteiger partial charge in [0.25, 0.3) is 11.7 Å². The number of aromatic nitrogens is 1. The van der Waals surface area contributed by atoms with Crippen molar-refractivity contribution in [2.75, 3.05) is 33.8 Å². The van der Waals surface area contributed by atoms with E-state index in [4.69, 9.17) is 4.74 Å². The summed E-state index contributed by atoms with van der Waals surface area (Å²) in [5, 5.41) is 11.0. The normalized spacial score (nSPS) is 18.1. The third-order valence-corrected chi connectivity index (χ3v) is 5.14. The molecular formula is C24H29N3O4. The quantitative estimate of drug-likeness (QED) is 0.379. The van der Waals surface area contributed by atoms with E-state index in [-0.39, 0.29) is 11.3 Å². The largest absolute Gasteiger partial charge is 0.507 e. The number of nitrogens with zero attached hydrogens (tertiary/aromatic N) is 3. The summed E-state index contributed by atoms with van der Waals surface area (Å²) in [6.45, 7) is 3.78. The van der Waals surface area contributed by atoms with Crippen molar-refractivity contribution < 1.29 is 19.4 Å². The van der Waals surface area contributed by atoms with Crippen LogP contribution in [0.3, 0.4) is 0 Å². The summed E-state index contributed by atoms with van der Waals surface area (Å²) >= 11 is 0. The number of rotatable bonds is 9. The Labute approximate surface area is 183 Å². The molecule has 0 aliphatic carbocycles. The summed E-state index contributed by atoms with van der Waals surface area (Å²) in [6, 6.07) is 9.94. The minimum absolute atomic E-state index is 0.0914. The molecule has 7 heteroatoms. The van der Waals surface area contributed by atoms with Gasteiger partial charge in [-0.1, -0.05) is 19.1 Å². The molecule has 1 fully saturated rings. The van der Waals surface area contributed by atoms with Crippen LogP contribution in [0.2, 0.25) is 0 Å². The molecule has 1 aliphatic rings. The lowest BCUT2D eigenvalue weighted by Crippen LogP contribution is -2.32. The van der Waals surface area contributed by atoms with Crippen LogP contribution < -0.4 is 4.74 Å². The lowest BCUT2D eigenvalue weighted by atomic mass is 9.95. The molecule has 0 radical (unpaired) electrons. The predicted octanol–water partition coefficient (Wildman–Crippen LogP) is 3.24. The number of ether oxygens (including phenoxy) is 1. The molecule has 1 saturated heterocycles. The summed E-state index contributed by atoms with van der Waals surface area (Å²) in [7, 11) is 3.92. The molecule has 1 N–H and O–H groups in total. The number of carbonyl (C=O) groups is 2. The molecule has 0 bridgehead atoms. The third kappa shape index (κ3) is 5.11. The predicted molar refractivity (Wildman–Crippen MR) is 119 cm³/mol. The van der Waals surface area contributed by atoms with Crippen LogP contribution in [-0.2, 0) is 9.59 Å². The highest BCUT2D eigenvalue weighted by atomic mass is 16.5. The van der Waals surface area contributed by atoms with E-state index in [1.165, 1.54) is 12.4 Å². The maximum Gasteiger partial charge on any atom is 0.295 e. The topological polar surface area (TPSA) is 83.0 Å². The fraction of sp³-hybridized carbons (Fsp3) is 0.375. The molecule has 1 amide bonds. The van der Waals surface area contributed by atoms with E-state index in [9.17, 15) is 14.7 Å². The maximum atomic E-state index is 13.0. The standard InChI is InChI=1S/C24H29N3O4/c1-4-15-31-19-8-5-7-18(16-19)21-20(22(28)17-9-11-25-12-10-17)23(29)24(30)27(21)14-6-13-26(2)3/h5,7-12,16,21,28H,4,6,13-15H2,1-3H3/b22-20+. The summed E-state index contributed by atoms with van der Waals surface area (Å²) in [6.07, 6.45) is 4.65. The Bertz CT molecular complexity index is 956. The van der Waals surface area contributed by atoms with Crippen LogP contribution in [-0.4, -0.2) is 65.4 Å².